The molecule has 2 heterocycles. The smallest absolute Gasteiger partial charge is 0.356 e. The number of aromatic nitrogens is 1. The molecule has 1 saturated heterocycles. The summed E-state index contributed by atoms with van der Waals surface area (Å²) in [4.78, 5) is 9.62. The quantitative estimate of drug-likeness (QED) is 0.270. The van der Waals surface area contributed by atoms with Crippen molar-refractivity contribution >= 4 is 41.5 Å². The lowest BCUT2D eigenvalue weighted by molar-refractivity contribution is -0.143. The molecule has 1 fully saturated rings. The van der Waals surface area contributed by atoms with Gasteiger partial charge in [-0.3, -0.25) is 9.89 Å². The van der Waals surface area contributed by atoms with Crippen LogP contribution in [0.25, 0.3) is 0 Å². The number of nitrogens with zero attached hydrogens (tertiary/aromatic N) is 3. The van der Waals surface area contributed by atoms with E-state index in [1.165, 1.54) is 4.90 Å². The Labute approximate surface area is 173 Å². The van der Waals surface area contributed by atoms with Gasteiger partial charge in [-0.25, -0.2) is 4.98 Å². The highest BCUT2D eigenvalue weighted by molar-refractivity contribution is 14.0. The summed E-state index contributed by atoms with van der Waals surface area (Å²) >= 11 is 5.75. The summed E-state index contributed by atoms with van der Waals surface area (Å²) in [6.45, 7) is 1.40. The lowest BCUT2D eigenvalue weighted by Gasteiger charge is -2.18. The molecular formula is C16H24ClF3IN5. The first-order valence-corrected chi connectivity index (χ1v) is 8.57. The van der Waals surface area contributed by atoms with Gasteiger partial charge in [-0.05, 0) is 36.9 Å². The number of alkyl halides is 3. The largest absolute Gasteiger partial charge is 0.401 e. The first-order valence-electron chi connectivity index (χ1n) is 8.20. The molecule has 1 atom stereocenters. The molecule has 0 aromatic carbocycles. The molecule has 5 nitrogen and oxygen atoms in total. The van der Waals surface area contributed by atoms with Gasteiger partial charge >= 0.3 is 6.18 Å². The van der Waals surface area contributed by atoms with Crippen molar-refractivity contribution in [2.75, 3.05) is 39.8 Å². The van der Waals surface area contributed by atoms with Crippen molar-refractivity contribution in [3.63, 3.8) is 0 Å². The third-order valence-corrected chi connectivity index (χ3v) is 4.27. The maximum absolute atomic E-state index is 12.4. The van der Waals surface area contributed by atoms with Gasteiger partial charge in [0.15, 0.2) is 5.96 Å². The summed E-state index contributed by atoms with van der Waals surface area (Å²) in [7, 11) is 1.67. The summed E-state index contributed by atoms with van der Waals surface area (Å²) in [5, 5.41) is 6.84. The van der Waals surface area contributed by atoms with Crippen LogP contribution in [-0.4, -0.2) is 61.8 Å². The van der Waals surface area contributed by atoms with Crippen LogP contribution < -0.4 is 10.6 Å². The Morgan fingerprint density at radius 3 is 2.77 bits per heavy atom. The van der Waals surface area contributed by atoms with Crippen molar-refractivity contribution in [3.05, 3.63) is 29.0 Å². The number of likely N-dealkylation sites (tertiary alicyclic amines) is 1. The molecule has 2 N–H and O–H groups in total. The van der Waals surface area contributed by atoms with Crippen molar-refractivity contribution in [2.45, 2.75) is 19.0 Å². The van der Waals surface area contributed by atoms with Crippen LogP contribution in [0.2, 0.25) is 5.15 Å². The molecule has 0 amide bonds. The van der Waals surface area contributed by atoms with Crippen LogP contribution >= 0.6 is 35.6 Å². The van der Waals surface area contributed by atoms with E-state index < -0.39 is 12.7 Å². The van der Waals surface area contributed by atoms with Crippen molar-refractivity contribution < 1.29 is 13.2 Å². The molecule has 1 aromatic rings. The van der Waals surface area contributed by atoms with Gasteiger partial charge < -0.3 is 10.6 Å². The maximum atomic E-state index is 12.4. The van der Waals surface area contributed by atoms with Crippen molar-refractivity contribution in [1.29, 1.82) is 0 Å². The number of pyridine rings is 1. The normalized spacial score (nSPS) is 18.5. The van der Waals surface area contributed by atoms with Crippen LogP contribution in [0.1, 0.15) is 12.0 Å². The second-order valence-electron chi connectivity index (χ2n) is 6.12. The molecule has 0 radical (unpaired) electrons. The first kappa shape index (κ1) is 23.2. The molecule has 2 rings (SSSR count). The van der Waals surface area contributed by atoms with Crippen LogP contribution in [0.3, 0.4) is 0 Å². The van der Waals surface area contributed by atoms with Gasteiger partial charge in [0.1, 0.15) is 5.15 Å². The molecule has 0 aliphatic carbocycles. The molecule has 0 bridgehead atoms. The van der Waals surface area contributed by atoms with E-state index in [1.807, 2.05) is 6.07 Å². The van der Waals surface area contributed by atoms with Gasteiger partial charge in [-0.1, -0.05) is 17.7 Å². The van der Waals surface area contributed by atoms with E-state index in [9.17, 15) is 13.2 Å². The molecular weight excluding hydrogens is 482 g/mol. The van der Waals surface area contributed by atoms with E-state index in [1.54, 1.807) is 19.3 Å². The summed E-state index contributed by atoms with van der Waals surface area (Å²) in [5.41, 5.74) is 1.06. The number of hydrogen-bond acceptors (Lipinski definition) is 3. The van der Waals surface area contributed by atoms with E-state index in [0.29, 0.717) is 37.3 Å². The molecule has 1 aliphatic rings. The Morgan fingerprint density at radius 2 is 2.15 bits per heavy atom. The van der Waals surface area contributed by atoms with Crippen LogP contribution in [0.5, 0.6) is 0 Å². The zero-order chi connectivity index (χ0) is 18.3. The van der Waals surface area contributed by atoms with Crippen LogP contribution in [0.4, 0.5) is 13.2 Å². The molecule has 0 saturated carbocycles. The third kappa shape index (κ3) is 8.72. The minimum absolute atomic E-state index is 0. The second kappa shape index (κ2) is 11.1. The number of halogens is 5. The van der Waals surface area contributed by atoms with Crippen molar-refractivity contribution in [1.82, 2.24) is 20.5 Å². The molecule has 1 aliphatic heterocycles. The fourth-order valence-corrected chi connectivity index (χ4v) is 2.93. The Balaban J connectivity index is 0.00000338. The fourth-order valence-electron chi connectivity index (χ4n) is 2.82. The van der Waals surface area contributed by atoms with Gasteiger partial charge in [0.25, 0.3) is 0 Å². The average molecular weight is 506 g/mol. The average Bonchev–Trinajstić information content (AvgIpc) is 2.98. The second-order valence-corrected chi connectivity index (χ2v) is 6.51. The van der Waals surface area contributed by atoms with Gasteiger partial charge in [-0.2, -0.15) is 13.2 Å². The Kier molecular flexibility index (Phi) is 9.94. The third-order valence-electron chi connectivity index (χ3n) is 4.05. The van der Waals surface area contributed by atoms with Gasteiger partial charge in [0, 0.05) is 32.9 Å². The van der Waals surface area contributed by atoms with E-state index in [-0.39, 0.29) is 29.9 Å². The topological polar surface area (TPSA) is 52.6 Å². The summed E-state index contributed by atoms with van der Waals surface area (Å²) in [5.74, 6) is 0.845. The highest BCUT2D eigenvalue weighted by Gasteiger charge is 2.34. The van der Waals surface area contributed by atoms with Gasteiger partial charge in [0.05, 0.1) is 6.54 Å². The molecule has 0 spiro atoms. The first-order chi connectivity index (χ1) is 11.9. The van der Waals surface area contributed by atoms with Gasteiger partial charge in [-0.15, -0.1) is 24.0 Å². The minimum Gasteiger partial charge on any atom is -0.356 e. The van der Waals surface area contributed by atoms with E-state index in [2.05, 4.69) is 20.6 Å². The summed E-state index contributed by atoms with van der Waals surface area (Å²) < 4.78 is 37.2. The molecule has 1 aromatic heterocycles. The Morgan fingerprint density at radius 1 is 1.38 bits per heavy atom. The van der Waals surface area contributed by atoms with E-state index >= 15 is 0 Å². The zero-order valence-electron chi connectivity index (χ0n) is 14.5. The maximum Gasteiger partial charge on any atom is 0.401 e. The predicted octanol–water partition coefficient (Wildman–Crippen LogP) is 2.94. The van der Waals surface area contributed by atoms with Crippen LogP contribution in [0, 0.1) is 5.92 Å². The SMILES string of the molecule is CN=C(NCCc1ccc(Cl)nc1)NCC1CCN(CC(F)(F)F)C1.I. The lowest BCUT2D eigenvalue weighted by Crippen LogP contribution is -2.41. The lowest BCUT2D eigenvalue weighted by atomic mass is 10.1. The molecule has 10 heteroatoms. The van der Waals surface area contributed by atoms with E-state index in [4.69, 9.17) is 11.6 Å². The predicted molar refractivity (Wildman–Crippen MR) is 108 cm³/mol. The molecule has 1 unspecified atom stereocenters. The Bertz CT molecular complexity index is 568. The summed E-state index contributed by atoms with van der Waals surface area (Å²) in [6.07, 6.45) is -0.866. The van der Waals surface area contributed by atoms with Crippen LogP contribution in [0.15, 0.2) is 23.3 Å². The Hall–Kier alpha value is -0.810. The van der Waals surface area contributed by atoms with Gasteiger partial charge in [0.2, 0.25) is 0 Å². The monoisotopic (exact) mass is 505 g/mol. The number of rotatable bonds is 6. The van der Waals surface area contributed by atoms with Crippen molar-refractivity contribution in [2.24, 2.45) is 10.9 Å². The number of nitrogens with one attached hydrogen (secondary N) is 2. The zero-order valence-corrected chi connectivity index (χ0v) is 17.6. The molecule has 148 valence electrons. The number of guanidine groups is 1. The highest BCUT2D eigenvalue weighted by atomic mass is 127. The highest BCUT2D eigenvalue weighted by Crippen LogP contribution is 2.22. The standard InChI is InChI=1S/C16H23ClF3N5.HI/c1-21-15(22-6-4-12-2-3-14(17)23-8-12)24-9-13-5-7-25(10-13)11-16(18,19)20;/h2-3,8,13H,4-7,9-11H2,1H3,(H2,21,22,24);1H. The molecule has 26 heavy (non-hydrogen) atoms. The van der Waals surface area contributed by atoms with Crippen molar-refractivity contribution in [3.8, 4) is 0 Å². The summed E-state index contributed by atoms with van der Waals surface area (Å²) in [6, 6.07) is 3.66. The number of hydrogen-bond donors (Lipinski definition) is 2. The van der Waals surface area contributed by atoms with Crippen LogP contribution in [-0.2, 0) is 6.42 Å². The fraction of sp³-hybridized carbons (Fsp3) is 0.625. The number of aliphatic imine (C=N–C) groups is 1. The van der Waals surface area contributed by atoms with E-state index in [0.717, 1.165) is 18.4 Å². The minimum atomic E-state index is -4.13.